The highest BCUT2D eigenvalue weighted by Crippen LogP contribution is 2.35. The van der Waals surface area contributed by atoms with Gasteiger partial charge in [0.25, 0.3) is 0 Å². The summed E-state index contributed by atoms with van der Waals surface area (Å²) in [6.45, 7) is 1.68. The zero-order chi connectivity index (χ0) is 20.4. The second kappa shape index (κ2) is 7.71. The van der Waals surface area contributed by atoms with Crippen molar-refractivity contribution < 1.29 is 32.5 Å². The van der Waals surface area contributed by atoms with Crippen LogP contribution in [0.4, 0.5) is 13.2 Å². The number of fused-ring (bicyclic) bond motifs is 1. The molecule has 1 aliphatic rings. The van der Waals surface area contributed by atoms with Crippen molar-refractivity contribution in [3.8, 4) is 11.5 Å². The van der Waals surface area contributed by atoms with Crippen LogP contribution in [0, 0.1) is 0 Å². The molecule has 2 aromatic carbocycles. The summed E-state index contributed by atoms with van der Waals surface area (Å²) >= 11 is 0. The second-order valence-corrected chi connectivity index (χ2v) is 6.81. The average Bonchev–Trinajstić information content (AvgIpc) is 3.12. The Labute approximate surface area is 160 Å². The number of ether oxygens (including phenoxy) is 2. The molecular formula is C20H20F3NO4. The molecule has 0 spiro atoms. The highest BCUT2D eigenvalue weighted by molar-refractivity contribution is 5.76. The van der Waals surface area contributed by atoms with E-state index < -0.39 is 17.3 Å². The molecule has 0 saturated heterocycles. The molecule has 8 heteroatoms. The molecule has 0 aliphatic carbocycles. The van der Waals surface area contributed by atoms with Gasteiger partial charge < -0.3 is 19.9 Å². The van der Waals surface area contributed by atoms with Crippen molar-refractivity contribution in [3.05, 3.63) is 59.2 Å². The number of amides is 1. The minimum atomic E-state index is -4.38. The van der Waals surface area contributed by atoms with Gasteiger partial charge in [-0.2, -0.15) is 13.2 Å². The highest BCUT2D eigenvalue weighted by Gasteiger charge is 2.30. The first-order valence-electron chi connectivity index (χ1n) is 8.70. The average molecular weight is 395 g/mol. The molecular weight excluding hydrogens is 375 g/mol. The highest BCUT2D eigenvalue weighted by atomic mass is 19.4. The number of aliphatic hydroxyl groups is 1. The molecule has 0 bridgehead atoms. The lowest BCUT2D eigenvalue weighted by Gasteiger charge is -2.24. The summed E-state index contributed by atoms with van der Waals surface area (Å²) in [6, 6.07) is 9.77. The monoisotopic (exact) mass is 395 g/mol. The Morgan fingerprint density at radius 2 is 1.71 bits per heavy atom. The van der Waals surface area contributed by atoms with Crippen LogP contribution < -0.4 is 14.8 Å². The Kier molecular flexibility index (Phi) is 5.51. The maximum atomic E-state index is 12.6. The summed E-state index contributed by atoms with van der Waals surface area (Å²) < 4.78 is 48.2. The number of benzene rings is 2. The van der Waals surface area contributed by atoms with Gasteiger partial charge in [-0.3, -0.25) is 4.79 Å². The molecule has 0 unspecified atom stereocenters. The Morgan fingerprint density at radius 1 is 1.07 bits per heavy atom. The lowest BCUT2D eigenvalue weighted by atomic mass is 9.95. The van der Waals surface area contributed by atoms with E-state index in [4.69, 9.17) is 9.47 Å². The van der Waals surface area contributed by atoms with Crippen LogP contribution in [0.1, 0.15) is 30.0 Å². The molecule has 0 fully saturated rings. The van der Waals surface area contributed by atoms with Gasteiger partial charge in [-0.15, -0.1) is 0 Å². The maximum Gasteiger partial charge on any atom is 0.416 e. The quantitative estimate of drug-likeness (QED) is 0.787. The van der Waals surface area contributed by atoms with E-state index in [1.807, 2.05) is 0 Å². The van der Waals surface area contributed by atoms with E-state index in [1.54, 1.807) is 25.1 Å². The Bertz CT molecular complexity index is 848. The molecule has 3 rings (SSSR count). The fourth-order valence-electron chi connectivity index (χ4n) is 2.81. The lowest BCUT2D eigenvalue weighted by Crippen LogP contribution is -2.38. The third-order valence-corrected chi connectivity index (χ3v) is 4.55. The molecule has 2 aromatic rings. The summed E-state index contributed by atoms with van der Waals surface area (Å²) in [5.41, 5.74) is -0.837. The third kappa shape index (κ3) is 4.75. The van der Waals surface area contributed by atoms with Crippen molar-refractivity contribution in [1.29, 1.82) is 0 Å². The van der Waals surface area contributed by atoms with Gasteiger partial charge in [-0.1, -0.05) is 18.2 Å². The Hall–Kier alpha value is -2.74. The lowest BCUT2D eigenvalue weighted by molar-refractivity contribution is -0.137. The van der Waals surface area contributed by atoms with Gasteiger partial charge >= 0.3 is 6.18 Å². The number of alkyl halides is 3. The Balaban J connectivity index is 1.51. The minimum absolute atomic E-state index is 0.0154. The minimum Gasteiger partial charge on any atom is -0.454 e. The third-order valence-electron chi connectivity index (χ3n) is 4.55. The molecule has 5 nitrogen and oxygen atoms in total. The molecule has 28 heavy (non-hydrogen) atoms. The smallest absolute Gasteiger partial charge is 0.416 e. The largest absolute Gasteiger partial charge is 0.454 e. The summed E-state index contributed by atoms with van der Waals surface area (Å²) in [7, 11) is 0. The van der Waals surface area contributed by atoms with Crippen molar-refractivity contribution in [2.24, 2.45) is 0 Å². The van der Waals surface area contributed by atoms with E-state index in [2.05, 4.69) is 5.32 Å². The normalized spacial score (nSPS) is 15.2. The van der Waals surface area contributed by atoms with Crippen molar-refractivity contribution in [2.45, 2.75) is 31.5 Å². The van der Waals surface area contributed by atoms with E-state index in [-0.39, 0.29) is 25.7 Å². The summed E-state index contributed by atoms with van der Waals surface area (Å²) in [5.74, 6) is 0.826. The van der Waals surface area contributed by atoms with Crippen LogP contribution in [0.2, 0.25) is 0 Å². The number of rotatable bonds is 6. The van der Waals surface area contributed by atoms with Crippen LogP contribution in [-0.2, 0) is 23.0 Å². The van der Waals surface area contributed by atoms with Gasteiger partial charge in [0, 0.05) is 6.42 Å². The van der Waals surface area contributed by atoms with E-state index in [1.165, 1.54) is 12.1 Å². The first-order valence-corrected chi connectivity index (χ1v) is 8.70. The molecule has 1 atom stereocenters. The molecule has 1 amide bonds. The van der Waals surface area contributed by atoms with Gasteiger partial charge in [-0.05, 0) is 48.7 Å². The molecule has 1 heterocycles. The van der Waals surface area contributed by atoms with Crippen LogP contribution in [0.15, 0.2) is 42.5 Å². The molecule has 2 N–H and O–H groups in total. The van der Waals surface area contributed by atoms with Gasteiger partial charge in [0.05, 0.1) is 12.1 Å². The predicted molar refractivity (Wildman–Crippen MR) is 94.9 cm³/mol. The molecule has 0 aromatic heterocycles. The van der Waals surface area contributed by atoms with Gasteiger partial charge in [-0.25, -0.2) is 0 Å². The summed E-state index contributed by atoms with van der Waals surface area (Å²) in [5, 5.41) is 13.3. The van der Waals surface area contributed by atoms with Crippen LogP contribution in [0.3, 0.4) is 0 Å². The van der Waals surface area contributed by atoms with Gasteiger partial charge in [0.1, 0.15) is 5.60 Å². The SMILES string of the molecule is C[C@](O)(CNC(=O)CCc1ccc(C(F)(F)F)cc1)c1ccc2c(c1)OCO2. The first-order chi connectivity index (χ1) is 13.1. The predicted octanol–water partition coefficient (Wildman–Crippen LogP) is 3.39. The number of aryl methyl sites for hydroxylation is 1. The topological polar surface area (TPSA) is 67.8 Å². The number of hydrogen-bond donors (Lipinski definition) is 2. The van der Waals surface area contributed by atoms with Crippen molar-refractivity contribution in [1.82, 2.24) is 5.32 Å². The zero-order valence-corrected chi connectivity index (χ0v) is 15.2. The Morgan fingerprint density at radius 3 is 2.39 bits per heavy atom. The summed E-state index contributed by atoms with van der Waals surface area (Å²) in [6.07, 6.45) is -3.98. The van der Waals surface area contributed by atoms with Crippen LogP contribution in [0.25, 0.3) is 0 Å². The first kappa shape index (κ1) is 20.0. The number of carbonyl (C=O) groups is 1. The van der Waals surface area contributed by atoms with Crippen LogP contribution >= 0.6 is 0 Å². The molecule has 0 radical (unpaired) electrons. The molecule has 1 aliphatic heterocycles. The van der Waals surface area contributed by atoms with Crippen molar-refractivity contribution in [2.75, 3.05) is 13.3 Å². The maximum absolute atomic E-state index is 12.6. The summed E-state index contributed by atoms with van der Waals surface area (Å²) in [4.78, 5) is 12.1. The van der Waals surface area contributed by atoms with Crippen molar-refractivity contribution >= 4 is 5.91 Å². The fourth-order valence-corrected chi connectivity index (χ4v) is 2.81. The van der Waals surface area contributed by atoms with Crippen molar-refractivity contribution in [3.63, 3.8) is 0 Å². The number of carbonyl (C=O) groups excluding carboxylic acids is 1. The number of hydrogen-bond acceptors (Lipinski definition) is 4. The molecule has 150 valence electrons. The van der Waals surface area contributed by atoms with Gasteiger partial charge in [0.2, 0.25) is 12.7 Å². The standard InChI is InChI=1S/C20H20F3NO4/c1-19(26,15-7-8-16-17(10-15)28-12-27-16)11-24-18(25)9-4-13-2-5-14(6-3-13)20(21,22)23/h2-3,5-8,10,26H,4,9,11-12H2,1H3,(H,24,25)/t19-/m0/s1. The number of halogens is 3. The van der Waals surface area contributed by atoms with Gasteiger partial charge in [0.15, 0.2) is 11.5 Å². The van der Waals surface area contributed by atoms with E-state index in [0.29, 0.717) is 29.0 Å². The van der Waals surface area contributed by atoms with E-state index >= 15 is 0 Å². The zero-order valence-electron chi connectivity index (χ0n) is 15.2. The second-order valence-electron chi connectivity index (χ2n) is 6.81. The molecule has 0 saturated carbocycles. The van der Waals surface area contributed by atoms with Crippen LogP contribution in [-0.4, -0.2) is 24.4 Å². The fraction of sp³-hybridized carbons (Fsp3) is 0.350. The van der Waals surface area contributed by atoms with E-state index in [9.17, 15) is 23.1 Å². The van der Waals surface area contributed by atoms with Crippen LogP contribution in [0.5, 0.6) is 11.5 Å². The van der Waals surface area contributed by atoms with E-state index in [0.717, 1.165) is 12.1 Å². The number of nitrogens with one attached hydrogen (secondary N) is 1.